The molecule has 8 nitrogen and oxygen atoms in total. The van der Waals surface area contributed by atoms with E-state index in [2.05, 4.69) is 22.5 Å². The first-order chi connectivity index (χ1) is 15.1. The third-order valence-electron chi connectivity index (χ3n) is 5.54. The van der Waals surface area contributed by atoms with Crippen molar-refractivity contribution in [2.24, 2.45) is 4.99 Å². The average Bonchev–Trinajstić information content (AvgIpc) is 2.80. The number of nitrogens with zero attached hydrogens (tertiary/aromatic N) is 2. The van der Waals surface area contributed by atoms with Crippen LogP contribution in [0.1, 0.15) is 31.7 Å². The van der Waals surface area contributed by atoms with Gasteiger partial charge in [-0.1, -0.05) is 0 Å². The number of piperidine rings is 1. The largest absolute Gasteiger partial charge is 0.496 e. The van der Waals surface area contributed by atoms with Gasteiger partial charge in [-0.3, -0.25) is 4.99 Å². The molecule has 1 aliphatic rings. The molecule has 0 radical (unpaired) electrons. The van der Waals surface area contributed by atoms with Crippen LogP contribution in [0.25, 0.3) is 0 Å². The van der Waals surface area contributed by atoms with Gasteiger partial charge in [-0.25, -0.2) is 0 Å². The molecule has 1 aromatic rings. The quantitative estimate of drug-likeness (QED) is 0.296. The molecule has 1 heterocycles. The minimum atomic E-state index is 0.446. The van der Waals surface area contributed by atoms with E-state index in [4.69, 9.17) is 23.9 Å². The Morgan fingerprint density at radius 2 is 1.74 bits per heavy atom. The number of methoxy groups -OCH3 is 4. The van der Waals surface area contributed by atoms with Crippen molar-refractivity contribution in [3.63, 3.8) is 0 Å². The Hall–Kier alpha value is -2.19. The summed E-state index contributed by atoms with van der Waals surface area (Å²) in [5.74, 6) is 3.09. The first-order valence-corrected chi connectivity index (χ1v) is 11.2. The molecule has 0 spiro atoms. The van der Waals surface area contributed by atoms with Gasteiger partial charge in [-0.15, -0.1) is 0 Å². The highest BCUT2D eigenvalue weighted by Crippen LogP contribution is 2.34. The second-order valence-electron chi connectivity index (χ2n) is 7.63. The molecule has 1 aliphatic heterocycles. The number of hydrogen-bond donors (Lipinski definition) is 2. The fraction of sp³-hybridized carbons (Fsp3) is 0.696. The second kappa shape index (κ2) is 14.0. The van der Waals surface area contributed by atoms with E-state index in [0.717, 1.165) is 75.1 Å². The molecule has 0 amide bonds. The van der Waals surface area contributed by atoms with E-state index < -0.39 is 0 Å². The first kappa shape index (κ1) is 25.1. The van der Waals surface area contributed by atoms with Crippen molar-refractivity contribution in [3.05, 3.63) is 17.7 Å². The molecule has 2 rings (SSSR count). The maximum absolute atomic E-state index is 5.55. The number of hydrogen-bond acceptors (Lipinski definition) is 6. The number of rotatable bonds is 12. The minimum absolute atomic E-state index is 0.446. The summed E-state index contributed by atoms with van der Waals surface area (Å²) in [4.78, 5) is 7.32. The van der Waals surface area contributed by atoms with Crippen LogP contribution in [-0.4, -0.2) is 84.7 Å². The first-order valence-electron chi connectivity index (χ1n) is 11.2. The lowest BCUT2D eigenvalue weighted by Gasteiger charge is -2.33. The lowest BCUT2D eigenvalue weighted by Crippen LogP contribution is -2.49. The van der Waals surface area contributed by atoms with Gasteiger partial charge in [0.15, 0.2) is 5.96 Å². The van der Waals surface area contributed by atoms with Crippen molar-refractivity contribution >= 4 is 5.96 Å². The molecule has 1 aromatic carbocycles. The van der Waals surface area contributed by atoms with Gasteiger partial charge in [0.25, 0.3) is 0 Å². The summed E-state index contributed by atoms with van der Waals surface area (Å²) in [5, 5.41) is 6.98. The molecule has 1 fully saturated rings. The highest BCUT2D eigenvalue weighted by atomic mass is 16.5. The van der Waals surface area contributed by atoms with Crippen LogP contribution in [0.4, 0.5) is 0 Å². The van der Waals surface area contributed by atoms with Crippen LogP contribution >= 0.6 is 0 Å². The smallest absolute Gasteiger partial charge is 0.191 e. The molecule has 0 atom stereocenters. The zero-order chi connectivity index (χ0) is 22.5. The molecule has 0 bridgehead atoms. The zero-order valence-electron chi connectivity index (χ0n) is 19.8. The van der Waals surface area contributed by atoms with Crippen molar-refractivity contribution in [2.75, 3.05) is 67.8 Å². The number of likely N-dealkylation sites (tertiary alicyclic amines) is 1. The zero-order valence-corrected chi connectivity index (χ0v) is 19.8. The third kappa shape index (κ3) is 8.10. The highest BCUT2D eigenvalue weighted by Gasteiger charge is 2.20. The minimum Gasteiger partial charge on any atom is -0.496 e. The second-order valence-corrected chi connectivity index (χ2v) is 7.63. The van der Waals surface area contributed by atoms with E-state index in [-0.39, 0.29) is 0 Å². The summed E-state index contributed by atoms with van der Waals surface area (Å²) in [6, 6.07) is 4.21. The maximum Gasteiger partial charge on any atom is 0.191 e. The fourth-order valence-electron chi connectivity index (χ4n) is 3.85. The molecule has 31 heavy (non-hydrogen) atoms. The van der Waals surface area contributed by atoms with E-state index in [1.165, 1.54) is 0 Å². The van der Waals surface area contributed by atoms with E-state index >= 15 is 0 Å². The topological polar surface area (TPSA) is 76.6 Å². The van der Waals surface area contributed by atoms with Gasteiger partial charge in [0.1, 0.15) is 17.2 Å². The lowest BCUT2D eigenvalue weighted by atomic mass is 10.1. The summed E-state index contributed by atoms with van der Waals surface area (Å²) in [5.41, 5.74) is 0.995. The van der Waals surface area contributed by atoms with Crippen LogP contribution in [0.15, 0.2) is 17.1 Å². The summed E-state index contributed by atoms with van der Waals surface area (Å²) in [6.45, 7) is 7.72. The number of ether oxygens (including phenoxy) is 4. The molecule has 8 heteroatoms. The van der Waals surface area contributed by atoms with Crippen molar-refractivity contribution < 1.29 is 18.9 Å². The molecule has 0 unspecified atom stereocenters. The van der Waals surface area contributed by atoms with Gasteiger partial charge in [-0.2, -0.15) is 0 Å². The monoisotopic (exact) mass is 436 g/mol. The van der Waals surface area contributed by atoms with Crippen LogP contribution in [0, 0.1) is 0 Å². The van der Waals surface area contributed by atoms with Crippen LogP contribution in [0.5, 0.6) is 17.2 Å². The summed E-state index contributed by atoms with van der Waals surface area (Å²) in [7, 11) is 6.72. The Kier molecular flexibility index (Phi) is 11.3. The van der Waals surface area contributed by atoms with Gasteiger partial charge in [0.05, 0.1) is 21.3 Å². The molecule has 176 valence electrons. The van der Waals surface area contributed by atoms with E-state index in [9.17, 15) is 0 Å². The predicted molar refractivity (Wildman–Crippen MR) is 125 cm³/mol. The molecule has 2 N–H and O–H groups in total. The van der Waals surface area contributed by atoms with Crippen LogP contribution in [0.3, 0.4) is 0 Å². The van der Waals surface area contributed by atoms with E-state index in [1.54, 1.807) is 28.4 Å². The maximum atomic E-state index is 5.55. The fourth-order valence-corrected chi connectivity index (χ4v) is 3.85. The molecule has 0 saturated carbocycles. The molecular weight excluding hydrogens is 396 g/mol. The summed E-state index contributed by atoms with van der Waals surface area (Å²) in [6.07, 6.45) is 4.05. The summed E-state index contributed by atoms with van der Waals surface area (Å²) >= 11 is 0. The standard InChI is InChI=1S/C23H40N4O4/c1-6-24-23(26-18-9-13-27(14-10-18)12-7-15-28-2)25-11-8-20-21(30-4)16-19(29-3)17-22(20)31-5/h16-18H,6-15H2,1-5H3,(H2,24,25,26). The van der Waals surface area contributed by atoms with Crippen molar-refractivity contribution in [3.8, 4) is 17.2 Å². The molecule has 0 aromatic heterocycles. The van der Waals surface area contributed by atoms with E-state index in [1.807, 2.05) is 12.1 Å². The van der Waals surface area contributed by atoms with Crippen LogP contribution in [0.2, 0.25) is 0 Å². The Morgan fingerprint density at radius 3 is 2.29 bits per heavy atom. The number of benzene rings is 1. The van der Waals surface area contributed by atoms with Crippen molar-refractivity contribution in [1.29, 1.82) is 0 Å². The Morgan fingerprint density at radius 1 is 1.06 bits per heavy atom. The normalized spacial score (nSPS) is 15.6. The van der Waals surface area contributed by atoms with Gasteiger partial charge in [0.2, 0.25) is 0 Å². The molecule has 1 saturated heterocycles. The third-order valence-corrected chi connectivity index (χ3v) is 5.54. The Bertz CT molecular complexity index is 651. The lowest BCUT2D eigenvalue weighted by molar-refractivity contribution is 0.155. The Labute approximate surface area is 187 Å². The van der Waals surface area contributed by atoms with Gasteiger partial charge in [-0.05, 0) is 32.6 Å². The SMILES string of the molecule is CCNC(=NCCc1c(OC)cc(OC)cc1OC)NC1CCN(CCCOC)CC1. The predicted octanol–water partition coefficient (Wildman–Crippen LogP) is 2.31. The highest BCUT2D eigenvalue weighted by molar-refractivity contribution is 5.80. The Balaban J connectivity index is 1.92. The average molecular weight is 437 g/mol. The van der Waals surface area contributed by atoms with Crippen LogP contribution < -0.4 is 24.8 Å². The van der Waals surface area contributed by atoms with Gasteiger partial charge >= 0.3 is 0 Å². The number of aliphatic imine (C=N–C) groups is 1. The molecule has 0 aliphatic carbocycles. The van der Waals surface area contributed by atoms with Crippen molar-refractivity contribution in [2.45, 2.75) is 38.6 Å². The number of nitrogens with one attached hydrogen (secondary N) is 2. The number of guanidine groups is 1. The summed E-state index contributed by atoms with van der Waals surface area (Å²) < 4.78 is 21.6. The van der Waals surface area contributed by atoms with E-state index in [0.29, 0.717) is 24.8 Å². The van der Waals surface area contributed by atoms with Gasteiger partial charge in [0, 0.05) is 70.2 Å². The molecular formula is C23H40N4O4. The van der Waals surface area contributed by atoms with Crippen molar-refractivity contribution in [1.82, 2.24) is 15.5 Å². The van der Waals surface area contributed by atoms with Crippen LogP contribution in [-0.2, 0) is 11.2 Å². The van der Waals surface area contributed by atoms with Gasteiger partial charge < -0.3 is 34.5 Å².